The lowest BCUT2D eigenvalue weighted by Crippen LogP contribution is -2.36. The van der Waals surface area contributed by atoms with Crippen molar-refractivity contribution in [1.82, 2.24) is 0 Å². The summed E-state index contributed by atoms with van der Waals surface area (Å²) < 4.78 is 0. The van der Waals surface area contributed by atoms with Crippen molar-refractivity contribution in [2.24, 2.45) is 17.3 Å². The van der Waals surface area contributed by atoms with Crippen LogP contribution in [0.1, 0.15) is 53.4 Å². The molecular formula is C13H23Br. The SMILES string of the molecule is CCC1/C(=C/Br)CCCC1(C)C(C)C. The monoisotopic (exact) mass is 258 g/mol. The predicted molar refractivity (Wildman–Crippen MR) is 67.6 cm³/mol. The van der Waals surface area contributed by atoms with Gasteiger partial charge in [-0.1, -0.05) is 49.2 Å². The van der Waals surface area contributed by atoms with Crippen LogP contribution in [0.5, 0.6) is 0 Å². The molecule has 0 radical (unpaired) electrons. The molecule has 0 saturated heterocycles. The summed E-state index contributed by atoms with van der Waals surface area (Å²) in [6.07, 6.45) is 5.34. The zero-order valence-electron chi connectivity index (χ0n) is 9.94. The van der Waals surface area contributed by atoms with Crippen LogP contribution in [0.3, 0.4) is 0 Å². The van der Waals surface area contributed by atoms with Gasteiger partial charge in [-0.15, -0.1) is 0 Å². The Labute approximate surface area is 97.3 Å². The summed E-state index contributed by atoms with van der Waals surface area (Å²) in [6, 6.07) is 0. The van der Waals surface area contributed by atoms with E-state index in [2.05, 4.69) is 48.6 Å². The fraction of sp³-hybridized carbons (Fsp3) is 0.846. The molecule has 1 rings (SSSR count). The second kappa shape index (κ2) is 4.83. The van der Waals surface area contributed by atoms with Crippen LogP contribution in [0.4, 0.5) is 0 Å². The molecule has 2 unspecified atom stereocenters. The number of allylic oxidation sites excluding steroid dienone is 1. The molecular weight excluding hydrogens is 236 g/mol. The zero-order valence-corrected chi connectivity index (χ0v) is 11.5. The molecule has 0 heterocycles. The molecule has 2 atom stereocenters. The van der Waals surface area contributed by atoms with Gasteiger partial charge in [0.15, 0.2) is 0 Å². The van der Waals surface area contributed by atoms with Gasteiger partial charge in [-0.05, 0) is 47.9 Å². The van der Waals surface area contributed by atoms with Crippen molar-refractivity contribution in [3.05, 3.63) is 10.6 Å². The highest BCUT2D eigenvalue weighted by Gasteiger charge is 2.39. The van der Waals surface area contributed by atoms with Crippen LogP contribution in [0, 0.1) is 17.3 Å². The van der Waals surface area contributed by atoms with Crippen molar-refractivity contribution < 1.29 is 0 Å². The minimum absolute atomic E-state index is 0.520. The second-order valence-corrected chi connectivity index (χ2v) is 5.62. The molecule has 0 aromatic carbocycles. The quantitative estimate of drug-likeness (QED) is 0.644. The van der Waals surface area contributed by atoms with Crippen molar-refractivity contribution in [3.63, 3.8) is 0 Å². The first-order valence-electron chi connectivity index (χ1n) is 5.85. The highest BCUT2D eigenvalue weighted by molar-refractivity contribution is 9.11. The summed E-state index contributed by atoms with van der Waals surface area (Å²) in [4.78, 5) is 2.18. The molecule has 14 heavy (non-hydrogen) atoms. The van der Waals surface area contributed by atoms with Gasteiger partial charge in [0, 0.05) is 0 Å². The van der Waals surface area contributed by atoms with Crippen molar-refractivity contribution in [3.8, 4) is 0 Å². The first-order chi connectivity index (χ1) is 6.56. The second-order valence-electron chi connectivity index (χ2n) is 5.16. The van der Waals surface area contributed by atoms with Crippen LogP contribution in [-0.2, 0) is 0 Å². The smallest absolute Gasteiger partial charge is 0.0141 e. The van der Waals surface area contributed by atoms with Gasteiger partial charge < -0.3 is 0 Å². The van der Waals surface area contributed by atoms with Gasteiger partial charge >= 0.3 is 0 Å². The first-order valence-corrected chi connectivity index (χ1v) is 6.77. The Hall–Kier alpha value is 0.220. The van der Waals surface area contributed by atoms with Crippen molar-refractivity contribution in [1.29, 1.82) is 0 Å². The Bertz CT molecular complexity index is 217. The molecule has 0 aromatic heterocycles. The Morgan fingerprint density at radius 1 is 1.57 bits per heavy atom. The molecule has 0 nitrogen and oxygen atoms in total. The number of halogens is 1. The predicted octanol–water partition coefficient (Wildman–Crippen LogP) is 5.14. The van der Waals surface area contributed by atoms with E-state index in [4.69, 9.17) is 0 Å². The van der Waals surface area contributed by atoms with Crippen molar-refractivity contribution in [2.75, 3.05) is 0 Å². The molecule has 1 aliphatic rings. The molecule has 0 spiro atoms. The summed E-state index contributed by atoms with van der Waals surface area (Å²) in [5.74, 6) is 1.57. The third-order valence-corrected chi connectivity index (χ3v) is 4.88. The van der Waals surface area contributed by atoms with Crippen LogP contribution in [-0.4, -0.2) is 0 Å². The zero-order chi connectivity index (χ0) is 10.8. The number of hydrogen-bond donors (Lipinski definition) is 0. The fourth-order valence-corrected chi connectivity index (χ4v) is 3.54. The van der Waals surface area contributed by atoms with Crippen LogP contribution in [0.25, 0.3) is 0 Å². The molecule has 1 saturated carbocycles. The van der Waals surface area contributed by atoms with Gasteiger partial charge in [0.25, 0.3) is 0 Å². The number of rotatable bonds is 2. The molecule has 1 heteroatoms. The van der Waals surface area contributed by atoms with Crippen LogP contribution in [0.15, 0.2) is 10.6 Å². The Morgan fingerprint density at radius 3 is 2.64 bits per heavy atom. The normalized spacial score (nSPS) is 36.7. The molecule has 1 aliphatic carbocycles. The van der Waals surface area contributed by atoms with E-state index >= 15 is 0 Å². The van der Waals surface area contributed by atoms with Crippen molar-refractivity contribution >= 4 is 15.9 Å². The maximum atomic E-state index is 3.53. The standard InChI is InChI=1S/C13H23Br/c1-5-12-11(9-14)7-6-8-13(12,4)10(2)3/h9-10,12H,5-8H2,1-4H3/b11-9+. The Morgan fingerprint density at radius 2 is 2.21 bits per heavy atom. The molecule has 0 amide bonds. The van der Waals surface area contributed by atoms with Gasteiger partial charge in [-0.3, -0.25) is 0 Å². The van der Waals surface area contributed by atoms with Gasteiger partial charge in [0.05, 0.1) is 0 Å². The van der Waals surface area contributed by atoms with Crippen LogP contribution < -0.4 is 0 Å². The van der Waals surface area contributed by atoms with E-state index in [9.17, 15) is 0 Å². The Balaban J connectivity index is 2.94. The van der Waals surface area contributed by atoms with E-state index in [-0.39, 0.29) is 0 Å². The fourth-order valence-electron chi connectivity index (χ4n) is 3.00. The molecule has 1 fully saturated rings. The van der Waals surface area contributed by atoms with E-state index in [0.29, 0.717) is 5.41 Å². The van der Waals surface area contributed by atoms with E-state index < -0.39 is 0 Å². The summed E-state index contributed by atoms with van der Waals surface area (Å²) in [5, 5.41) is 0. The summed E-state index contributed by atoms with van der Waals surface area (Å²) >= 11 is 3.53. The third kappa shape index (κ3) is 2.08. The van der Waals surface area contributed by atoms with E-state index in [1.807, 2.05) is 0 Å². The lowest BCUT2D eigenvalue weighted by atomic mass is 9.59. The number of hydrogen-bond acceptors (Lipinski definition) is 0. The van der Waals surface area contributed by atoms with Gasteiger partial charge in [-0.2, -0.15) is 0 Å². The highest BCUT2D eigenvalue weighted by Crippen LogP contribution is 2.50. The molecule has 0 bridgehead atoms. The van der Waals surface area contributed by atoms with Crippen LogP contribution >= 0.6 is 15.9 Å². The summed E-state index contributed by atoms with van der Waals surface area (Å²) in [7, 11) is 0. The highest BCUT2D eigenvalue weighted by atomic mass is 79.9. The largest absolute Gasteiger partial charge is 0.0648 e. The lowest BCUT2D eigenvalue weighted by molar-refractivity contribution is 0.0949. The summed E-state index contributed by atoms with van der Waals surface area (Å²) in [5.41, 5.74) is 2.15. The van der Waals surface area contributed by atoms with E-state index in [1.165, 1.54) is 25.7 Å². The van der Waals surface area contributed by atoms with Gasteiger partial charge in [0.2, 0.25) is 0 Å². The molecule has 0 aliphatic heterocycles. The third-order valence-electron chi connectivity index (χ3n) is 4.29. The molecule has 0 aromatic rings. The minimum Gasteiger partial charge on any atom is -0.0648 e. The van der Waals surface area contributed by atoms with Crippen molar-refractivity contribution in [2.45, 2.75) is 53.4 Å². The summed E-state index contributed by atoms with van der Waals surface area (Å²) in [6.45, 7) is 9.55. The average molecular weight is 259 g/mol. The van der Waals surface area contributed by atoms with Gasteiger partial charge in [-0.25, -0.2) is 0 Å². The van der Waals surface area contributed by atoms with E-state index in [1.54, 1.807) is 5.57 Å². The lowest BCUT2D eigenvalue weighted by Gasteiger charge is -2.46. The molecule has 0 N–H and O–H groups in total. The minimum atomic E-state index is 0.520. The van der Waals surface area contributed by atoms with Crippen LogP contribution in [0.2, 0.25) is 0 Å². The maximum Gasteiger partial charge on any atom is -0.0141 e. The first kappa shape index (κ1) is 12.3. The Kier molecular flexibility index (Phi) is 4.24. The average Bonchev–Trinajstić information content (AvgIpc) is 2.17. The topological polar surface area (TPSA) is 0 Å². The maximum absolute atomic E-state index is 3.53. The molecule has 82 valence electrons. The van der Waals surface area contributed by atoms with Gasteiger partial charge in [0.1, 0.15) is 0 Å². The van der Waals surface area contributed by atoms with E-state index in [0.717, 1.165) is 11.8 Å².